The number of nitrogens with zero attached hydrogens (tertiary/aromatic N) is 1. The van der Waals surface area contributed by atoms with Crippen molar-refractivity contribution in [3.63, 3.8) is 0 Å². The number of para-hydroxylation sites is 2. The maximum atomic E-state index is 5.93. The van der Waals surface area contributed by atoms with Gasteiger partial charge in [0, 0.05) is 17.1 Å². The monoisotopic (exact) mass is 235 g/mol. The maximum absolute atomic E-state index is 5.93. The van der Waals surface area contributed by atoms with Gasteiger partial charge in [0.2, 0.25) is 0 Å². The van der Waals surface area contributed by atoms with Crippen molar-refractivity contribution in [2.24, 2.45) is 0 Å². The highest BCUT2D eigenvalue weighted by Crippen LogP contribution is 2.29. The Morgan fingerprint density at radius 3 is 2.44 bits per heavy atom. The molecule has 0 spiro atoms. The molecule has 0 radical (unpaired) electrons. The Bertz CT molecular complexity index is 677. The zero-order valence-corrected chi connectivity index (χ0v) is 10.1. The first-order chi connectivity index (χ1) is 8.83. The van der Waals surface area contributed by atoms with E-state index < -0.39 is 0 Å². The van der Waals surface area contributed by atoms with E-state index in [9.17, 15) is 0 Å². The smallest absolute Gasteiger partial charge is 0.138 e. The van der Waals surface area contributed by atoms with E-state index in [2.05, 4.69) is 4.98 Å². The minimum atomic E-state index is 0.841. The predicted molar refractivity (Wildman–Crippen MR) is 73.0 cm³/mol. The van der Waals surface area contributed by atoms with Gasteiger partial charge in [0.1, 0.15) is 11.5 Å². The van der Waals surface area contributed by atoms with E-state index in [-0.39, 0.29) is 0 Å². The van der Waals surface area contributed by atoms with Crippen LogP contribution in [0.1, 0.15) is 5.69 Å². The first-order valence-electron chi connectivity index (χ1n) is 5.92. The van der Waals surface area contributed by atoms with E-state index in [0.717, 1.165) is 28.1 Å². The summed E-state index contributed by atoms with van der Waals surface area (Å²) < 4.78 is 5.93. The highest BCUT2D eigenvalue weighted by molar-refractivity contribution is 5.85. The van der Waals surface area contributed by atoms with Crippen LogP contribution in [-0.2, 0) is 0 Å². The molecule has 0 bridgehead atoms. The van der Waals surface area contributed by atoms with Gasteiger partial charge in [0.25, 0.3) is 0 Å². The van der Waals surface area contributed by atoms with Gasteiger partial charge in [-0.05, 0) is 31.2 Å². The van der Waals surface area contributed by atoms with Crippen molar-refractivity contribution in [3.05, 3.63) is 66.4 Å². The first kappa shape index (κ1) is 10.8. The summed E-state index contributed by atoms with van der Waals surface area (Å²) in [4.78, 5) is 4.50. The van der Waals surface area contributed by atoms with Crippen LogP contribution >= 0.6 is 0 Å². The average Bonchev–Trinajstić information content (AvgIpc) is 2.40. The van der Waals surface area contributed by atoms with E-state index in [1.165, 1.54) is 0 Å². The highest BCUT2D eigenvalue weighted by Gasteiger charge is 2.05. The van der Waals surface area contributed by atoms with Crippen LogP contribution in [0.2, 0.25) is 0 Å². The van der Waals surface area contributed by atoms with Gasteiger partial charge in [-0.25, -0.2) is 0 Å². The van der Waals surface area contributed by atoms with Crippen molar-refractivity contribution in [2.75, 3.05) is 0 Å². The molecule has 3 aromatic rings. The Kier molecular flexibility index (Phi) is 2.69. The van der Waals surface area contributed by atoms with Gasteiger partial charge in [-0.15, -0.1) is 0 Å². The Morgan fingerprint density at radius 1 is 0.889 bits per heavy atom. The normalized spacial score (nSPS) is 10.5. The number of hydrogen-bond acceptors (Lipinski definition) is 2. The number of rotatable bonds is 2. The minimum absolute atomic E-state index is 0.841. The lowest BCUT2D eigenvalue weighted by Gasteiger charge is -2.09. The van der Waals surface area contributed by atoms with E-state index in [1.54, 1.807) is 0 Å². The van der Waals surface area contributed by atoms with Crippen LogP contribution in [0.15, 0.2) is 60.7 Å². The lowest BCUT2D eigenvalue weighted by molar-refractivity contribution is 0.487. The second-order valence-electron chi connectivity index (χ2n) is 4.19. The Labute approximate surface area is 106 Å². The van der Waals surface area contributed by atoms with Crippen LogP contribution in [0.25, 0.3) is 10.9 Å². The van der Waals surface area contributed by atoms with Crippen LogP contribution in [0, 0.1) is 6.92 Å². The molecule has 1 aromatic heterocycles. The largest absolute Gasteiger partial charge is 0.457 e. The van der Waals surface area contributed by atoms with Gasteiger partial charge in [-0.1, -0.05) is 30.3 Å². The van der Waals surface area contributed by atoms with Crippen molar-refractivity contribution in [3.8, 4) is 11.5 Å². The van der Waals surface area contributed by atoms with E-state index in [4.69, 9.17) is 4.74 Å². The van der Waals surface area contributed by atoms with Crippen LogP contribution in [0.3, 0.4) is 0 Å². The molecule has 2 aromatic carbocycles. The van der Waals surface area contributed by atoms with Crippen molar-refractivity contribution in [2.45, 2.75) is 6.92 Å². The fraction of sp³-hybridized carbons (Fsp3) is 0.0625. The van der Waals surface area contributed by atoms with Crippen LogP contribution in [0.5, 0.6) is 11.5 Å². The van der Waals surface area contributed by atoms with E-state index in [1.807, 2.05) is 67.6 Å². The molecule has 88 valence electrons. The summed E-state index contributed by atoms with van der Waals surface area (Å²) in [5, 5.41) is 1.03. The number of pyridine rings is 1. The fourth-order valence-corrected chi connectivity index (χ4v) is 1.97. The molecular weight excluding hydrogens is 222 g/mol. The summed E-state index contributed by atoms with van der Waals surface area (Å²) in [5.41, 5.74) is 1.92. The molecule has 2 heteroatoms. The lowest BCUT2D eigenvalue weighted by Crippen LogP contribution is -1.90. The Hall–Kier alpha value is -2.35. The summed E-state index contributed by atoms with van der Waals surface area (Å²) >= 11 is 0. The second-order valence-corrected chi connectivity index (χ2v) is 4.19. The van der Waals surface area contributed by atoms with E-state index >= 15 is 0 Å². The summed E-state index contributed by atoms with van der Waals surface area (Å²) in [5.74, 6) is 1.69. The number of fused-ring (bicyclic) bond motifs is 1. The van der Waals surface area contributed by atoms with Gasteiger partial charge in [0.15, 0.2) is 0 Å². The summed E-state index contributed by atoms with van der Waals surface area (Å²) in [6.07, 6.45) is 0. The molecule has 0 amide bonds. The molecule has 3 rings (SSSR count). The SMILES string of the molecule is Cc1cc(Oc2ccccc2)c2ccccc2n1. The van der Waals surface area contributed by atoms with Gasteiger partial charge < -0.3 is 4.74 Å². The van der Waals surface area contributed by atoms with Crippen LogP contribution in [0.4, 0.5) is 0 Å². The second kappa shape index (κ2) is 4.49. The van der Waals surface area contributed by atoms with Crippen molar-refractivity contribution >= 4 is 10.9 Å². The third-order valence-corrected chi connectivity index (χ3v) is 2.78. The van der Waals surface area contributed by atoms with Crippen molar-refractivity contribution in [1.29, 1.82) is 0 Å². The summed E-state index contributed by atoms with van der Waals surface area (Å²) in [6.45, 7) is 1.98. The minimum Gasteiger partial charge on any atom is -0.457 e. The molecule has 18 heavy (non-hydrogen) atoms. The van der Waals surface area contributed by atoms with Crippen molar-refractivity contribution in [1.82, 2.24) is 4.98 Å². The number of hydrogen-bond donors (Lipinski definition) is 0. The van der Waals surface area contributed by atoms with Gasteiger partial charge in [0.05, 0.1) is 5.52 Å². The molecule has 0 saturated carbocycles. The third-order valence-electron chi connectivity index (χ3n) is 2.78. The average molecular weight is 235 g/mol. The zero-order valence-electron chi connectivity index (χ0n) is 10.1. The molecule has 0 aliphatic carbocycles. The molecule has 0 unspecified atom stereocenters. The Morgan fingerprint density at radius 2 is 1.61 bits per heavy atom. The lowest BCUT2D eigenvalue weighted by atomic mass is 10.2. The number of aromatic nitrogens is 1. The van der Waals surface area contributed by atoms with Gasteiger partial charge in [-0.3, -0.25) is 4.98 Å². The topological polar surface area (TPSA) is 22.1 Å². The maximum Gasteiger partial charge on any atom is 0.138 e. The number of ether oxygens (including phenoxy) is 1. The fourth-order valence-electron chi connectivity index (χ4n) is 1.97. The predicted octanol–water partition coefficient (Wildman–Crippen LogP) is 4.34. The summed E-state index contributed by atoms with van der Waals surface area (Å²) in [6, 6.07) is 19.8. The standard InChI is InChI=1S/C16H13NO/c1-12-11-16(18-13-7-3-2-4-8-13)14-9-5-6-10-15(14)17-12/h2-11H,1H3. The van der Waals surface area contributed by atoms with Crippen LogP contribution < -0.4 is 4.74 Å². The molecule has 2 nitrogen and oxygen atoms in total. The first-order valence-corrected chi connectivity index (χ1v) is 5.92. The van der Waals surface area contributed by atoms with Crippen LogP contribution in [-0.4, -0.2) is 4.98 Å². The highest BCUT2D eigenvalue weighted by atomic mass is 16.5. The molecule has 0 saturated heterocycles. The van der Waals surface area contributed by atoms with E-state index in [0.29, 0.717) is 0 Å². The Balaban J connectivity index is 2.11. The van der Waals surface area contributed by atoms with Crippen molar-refractivity contribution < 1.29 is 4.74 Å². The quantitative estimate of drug-likeness (QED) is 0.659. The number of aryl methyl sites for hydroxylation is 1. The molecular formula is C16H13NO. The molecule has 0 aliphatic heterocycles. The molecule has 0 N–H and O–H groups in total. The van der Waals surface area contributed by atoms with Gasteiger partial charge >= 0.3 is 0 Å². The number of benzene rings is 2. The molecule has 1 heterocycles. The molecule has 0 aliphatic rings. The summed E-state index contributed by atoms with van der Waals surface area (Å²) in [7, 11) is 0. The van der Waals surface area contributed by atoms with Gasteiger partial charge in [-0.2, -0.15) is 0 Å². The molecule has 0 fully saturated rings. The molecule has 0 atom stereocenters. The zero-order chi connectivity index (χ0) is 12.4. The third kappa shape index (κ3) is 2.05.